The van der Waals surface area contributed by atoms with Crippen molar-refractivity contribution in [2.75, 3.05) is 32.8 Å². The Morgan fingerprint density at radius 3 is 2.43 bits per heavy atom. The first-order valence-electron chi connectivity index (χ1n) is 9.21. The lowest BCUT2D eigenvalue weighted by atomic mass is 10.1. The zero-order valence-corrected chi connectivity index (χ0v) is 15.9. The lowest BCUT2D eigenvalue weighted by Gasteiger charge is -2.26. The van der Waals surface area contributed by atoms with E-state index in [0.717, 1.165) is 23.8 Å². The van der Waals surface area contributed by atoms with Gasteiger partial charge in [-0.25, -0.2) is 9.59 Å². The number of nitrogens with zero attached hydrogens (tertiary/aromatic N) is 2. The van der Waals surface area contributed by atoms with E-state index in [1.165, 1.54) is 32.4 Å². The van der Waals surface area contributed by atoms with E-state index in [2.05, 4.69) is 10.1 Å². The van der Waals surface area contributed by atoms with Gasteiger partial charge in [-0.3, -0.25) is 4.90 Å². The van der Waals surface area contributed by atoms with Crippen LogP contribution in [0.3, 0.4) is 0 Å². The zero-order chi connectivity index (χ0) is 20.4. The SMILES string of the molecule is C/C(=N\OCCN1CCCCC1)C1COc2ccccc2O1.O=C(O)C(=O)O. The van der Waals surface area contributed by atoms with Crippen LogP contribution >= 0.6 is 0 Å². The summed E-state index contributed by atoms with van der Waals surface area (Å²) in [7, 11) is 0. The van der Waals surface area contributed by atoms with Gasteiger partial charge in [-0.15, -0.1) is 0 Å². The second-order valence-electron chi connectivity index (χ2n) is 6.44. The lowest BCUT2D eigenvalue weighted by molar-refractivity contribution is -0.159. The van der Waals surface area contributed by atoms with E-state index in [0.29, 0.717) is 13.2 Å². The molecule has 0 saturated carbocycles. The summed E-state index contributed by atoms with van der Waals surface area (Å²) >= 11 is 0. The van der Waals surface area contributed by atoms with Crippen LogP contribution < -0.4 is 9.47 Å². The molecule has 3 rings (SSSR count). The number of benzene rings is 1. The van der Waals surface area contributed by atoms with Crippen LogP contribution in [0.4, 0.5) is 0 Å². The molecule has 0 aliphatic carbocycles. The fraction of sp³-hybridized carbons (Fsp3) is 0.526. The highest BCUT2D eigenvalue weighted by Gasteiger charge is 2.23. The molecule has 0 spiro atoms. The van der Waals surface area contributed by atoms with Crippen molar-refractivity contribution >= 4 is 17.7 Å². The molecule has 1 unspecified atom stereocenters. The summed E-state index contributed by atoms with van der Waals surface area (Å²) in [4.78, 5) is 26.1. The Morgan fingerprint density at radius 1 is 1.14 bits per heavy atom. The second kappa shape index (κ2) is 11.1. The summed E-state index contributed by atoms with van der Waals surface area (Å²) in [5.41, 5.74) is 0.813. The molecule has 0 aromatic heterocycles. The summed E-state index contributed by atoms with van der Waals surface area (Å²) in [6.45, 7) is 6.33. The van der Waals surface area contributed by atoms with Gasteiger partial charge in [0.05, 0.1) is 5.71 Å². The third-order valence-electron chi connectivity index (χ3n) is 4.31. The minimum Gasteiger partial charge on any atom is -0.485 e. The van der Waals surface area contributed by atoms with E-state index in [4.69, 9.17) is 34.1 Å². The van der Waals surface area contributed by atoms with Crippen molar-refractivity contribution in [1.82, 2.24) is 4.90 Å². The van der Waals surface area contributed by atoms with Gasteiger partial charge in [0.25, 0.3) is 0 Å². The summed E-state index contributed by atoms with van der Waals surface area (Å²) in [6, 6.07) is 7.69. The third kappa shape index (κ3) is 7.07. The molecular formula is C19H26N2O7. The molecule has 0 bridgehead atoms. The number of hydrogen-bond acceptors (Lipinski definition) is 7. The van der Waals surface area contributed by atoms with Gasteiger partial charge in [0.2, 0.25) is 0 Å². The number of ether oxygens (including phenoxy) is 2. The number of aliphatic carboxylic acids is 2. The number of piperidine rings is 1. The second-order valence-corrected chi connectivity index (χ2v) is 6.44. The van der Waals surface area contributed by atoms with Gasteiger partial charge in [-0.2, -0.15) is 0 Å². The van der Waals surface area contributed by atoms with Crippen LogP contribution in [0.25, 0.3) is 0 Å². The van der Waals surface area contributed by atoms with Crippen molar-refractivity contribution in [1.29, 1.82) is 0 Å². The number of hydrogen-bond donors (Lipinski definition) is 2. The van der Waals surface area contributed by atoms with Crippen molar-refractivity contribution in [2.45, 2.75) is 32.3 Å². The molecular weight excluding hydrogens is 368 g/mol. The van der Waals surface area contributed by atoms with E-state index >= 15 is 0 Å². The Hall–Kier alpha value is -2.81. The monoisotopic (exact) mass is 394 g/mol. The molecule has 1 aromatic carbocycles. The molecule has 9 heteroatoms. The number of carbonyl (C=O) groups is 2. The van der Waals surface area contributed by atoms with Crippen LogP contribution in [0.1, 0.15) is 26.2 Å². The van der Waals surface area contributed by atoms with Gasteiger partial charge in [0.1, 0.15) is 13.2 Å². The normalized spacial score (nSPS) is 19.2. The number of carboxylic acids is 2. The van der Waals surface area contributed by atoms with Crippen LogP contribution in [0.5, 0.6) is 11.5 Å². The van der Waals surface area contributed by atoms with E-state index in [1.54, 1.807) is 0 Å². The molecule has 2 N–H and O–H groups in total. The van der Waals surface area contributed by atoms with Gasteiger partial charge >= 0.3 is 11.9 Å². The molecule has 1 aromatic rings. The van der Waals surface area contributed by atoms with Crippen molar-refractivity contribution in [3.8, 4) is 11.5 Å². The predicted octanol–water partition coefficient (Wildman–Crippen LogP) is 1.86. The number of likely N-dealkylation sites (tertiary alicyclic amines) is 1. The molecule has 2 heterocycles. The molecule has 2 aliphatic heterocycles. The van der Waals surface area contributed by atoms with Crippen molar-refractivity contribution in [2.24, 2.45) is 5.16 Å². The maximum Gasteiger partial charge on any atom is 0.414 e. The number of para-hydroxylation sites is 2. The Morgan fingerprint density at radius 2 is 1.79 bits per heavy atom. The van der Waals surface area contributed by atoms with Gasteiger partial charge < -0.3 is 24.5 Å². The predicted molar refractivity (Wildman–Crippen MR) is 101 cm³/mol. The maximum atomic E-state index is 9.10. The van der Waals surface area contributed by atoms with Gasteiger partial charge in [-0.1, -0.05) is 23.7 Å². The molecule has 1 atom stereocenters. The first-order chi connectivity index (χ1) is 13.5. The van der Waals surface area contributed by atoms with Crippen LogP contribution in [0.15, 0.2) is 29.4 Å². The van der Waals surface area contributed by atoms with Crippen LogP contribution in [-0.4, -0.2) is 71.7 Å². The summed E-state index contributed by atoms with van der Waals surface area (Å²) in [5.74, 6) is -2.09. The smallest absolute Gasteiger partial charge is 0.414 e. The van der Waals surface area contributed by atoms with Gasteiger partial charge in [-0.05, 0) is 45.0 Å². The molecule has 2 aliphatic rings. The topological polar surface area (TPSA) is 118 Å². The highest BCUT2D eigenvalue weighted by Crippen LogP contribution is 2.31. The molecule has 154 valence electrons. The standard InChI is InChI=1S/C17H24N2O3.C2H2O4/c1-14(18-21-12-11-19-9-5-2-6-10-19)17-13-20-15-7-3-4-8-16(15)22-17;3-1(4)2(5)6/h3-4,7-8,17H,2,5-6,9-13H2,1H3;(H,3,4)(H,5,6)/b18-14+;. The number of carboxylic acid groups (broad SMARTS) is 2. The van der Waals surface area contributed by atoms with E-state index < -0.39 is 11.9 Å². The largest absolute Gasteiger partial charge is 0.485 e. The van der Waals surface area contributed by atoms with Gasteiger partial charge in [0, 0.05) is 6.54 Å². The molecule has 1 fully saturated rings. The zero-order valence-electron chi connectivity index (χ0n) is 15.9. The number of rotatable bonds is 5. The molecule has 0 amide bonds. The minimum atomic E-state index is -1.82. The lowest BCUT2D eigenvalue weighted by Crippen LogP contribution is -2.35. The minimum absolute atomic E-state index is 0.176. The fourth-order valence-electron chi connectivity index (χ4n) is 2.78. The third-order valence-corrected chi connectivity index (χ3v) is 4.31. The Balaban J connectivity index is 0.000000409. The highest BCUT2D eigenvalue weighted by molar-refractivity contribution is 6.27. The number of oxime groups is 1. The Kier molecular flexibility index (Phi) is 8.54. The van der Waals surface area contributed by atoms with E-state index in [1.807, 2.05) is 31.2 Å². The van der Waals surface area contributed by atoms with Crippen molar-refractivity contribution in [3.05, 3.63) is 24.3 Å². The summed E-state index contributed by atoms with van der Waals surface area (Å²) in [5, 5.41) is 19.0. The van der Waals surface area contributed by atoms with Crippen LogP contribution in [0, 0.1) is 0 Å². The molecule has 0 radical (unpaired) electrons. The molecule has 28 heavy (non-hydrogen) atoms. The van der Waals surface area contributed by atoms with Crippen LogP contribution in [-0.2, 0) is 14.4 Å². The molecule has 9 nitrogen and oxygen atoms in total. The van der Waals surface area contributed by atoms with Gasteiger partial charge in [0.15, 0.2) is 17.6 Å². The summed E-state index contributed by atoms with van der Waals surface area (Å²) in [6.07, 6.45) is 3.78. The van der Waals surface area contributed by atoms with Crippen molar-refractivity contribution < 1.29 is 34.1 Å². The maximum absolute atomic E-state index is 9.10. The quantitative estimate of drug-likeness (QED) is 0.336. The van der Waals surface area contributed by atoms with E-state index in [-0.39, 0.29) is 6.10 Å². The summed E-state index contributed by atoms with van der Waals surface area (Å²) < 4.78 is 11.6. The van der Waals surface area contributed by atoms with E-state index in [9.17, 15) is 0 Å². The average Bonchev–Trinajstić information content (AvgIpc) is 2.72. The molecule has 1 saturated heterocycles. The average molecular weight is 394 g/mol. The Labute approximate surface area is 163 Å². The first-order valence-corrected chi connectivity index (χ1v) is 9.21. The Bertz CT molecular complexity index is 675. The van der Waals surface area contributed by atoms with Crippen molar-refractivity contribution in [3.63, 3.8) is 0 Å². The fourth-order valence-corrected chi connectivity index (χ4v) is 2.78. The van der Waals surface area contributed by atoms with Crippen LogP contribution in [0.2, 0.25) is 0 Å². The number of fused-ring (bicyclic) bond motifs is 1. The highest BCUT2D eigenvalue weighted by atomic mass is 16.6. The first kappa shape index (κ1) is 21.5.